The van der Waals surface area contributed by atoms with E-state index >= 15 is 0 Å². The summed E-state index contributed by atoms with van der Waals surface area (Å²) in [6, 6.07) is 5.68. The van der Waals surface area contributed by atoms with Gasteiger partial charge in [-0.15, -0.1) is 0 Å². The summed E-state index contributed by atoms with van der Waals surface area (Å²) in [5.41, 5.74) is 0. The van der Waals surface area contributed by atoms with E-state index in [4.69, 9.17) is 16.3 Å². The van der Waals surface area contributed by atoms with Crippen LogP contribution in [0.4, 0.5) is 4.39 Å². The predicted molar refractivity (Wildman–Crippen MR) is 43.9 cm³/mol. The molecule has 1 aromatic carbocycles. The van der Waals surface area contributed by atoms with Crippen molar-refractivity contribution in [2.45, 2.75) is 18.9 Å². The van der Waals surface area contributed by atoms with Gasteiger partial charge in [-0.3, -0.25) is 0 Å². The van der Waals surface area contributed by atoms with E-state index in [1.54, 1.807) is 6.07 Å². The summed E-state index contributed by atoms with van der Waals surface area (Å²) in [7, 11) is 0. The lowest BCUT2D eigenvalue weighted by Gasteiger charge is -2.04. The molecule has 12 heavy (non-hydrogen) atoms. The van der Waals surface area contributed by atoms with Crippen LogP contribution in [0.25, 0.3) is 0 Å². The highest BCUT2D eigenvalue weighted by Crippen LogP contribution is 2.30. The van der Waals surface area contributed by atoms with Gasteiger partial charge in [0.15, 0.2) is 11.6 Å². The van der Waals surface area contributed by atoms with E-state index in [9.17, 15) is 4.39 Å². The van der Waals surface area contributed by atoms with Crippen LogP contribution in [0.5, 0.6) is 5.75 Å². The minimum Gasteiger partial charge on any atom is -0.487 e. The standard InChI is InChI=1S/C9H7ClFO/c10-7-2-1-3-8(9(7)11)12-6-4-5-6/h1-2,6H,4-5H2. The molecule has 2 rings (SSSR count). The Morgan fingerprint density at radius 3 is 3.00 bits per heavy atom. The van der Waals surface area contributed by atoms with Gasteiger partial charge >= 0.3 is 0 Å². The molecule has 1 aromatic rings. The maximum Gasteiger partial charge on any atom is 0.184 e. The average Bonchev–Trinajstić information content (AvgIpc) is 2.83. The molecule has 1 fully saturated rings. The average molecular weight is 186 g/mol. The maximum atomic E-state index is 13.1. The van der Waals surface area contributed by atoms with E-state index < -0.39 is 5.82 Å². The molecule has 0 aromatic heterocycles. The van der Waals surface area contributed by atoms with E-state index in [-0.39, 0.29) is 16.9 Å². The lowest BCUT2D eigenvalue weighted by atomic mass is 10.3. The topological polar surface area (TPSA) is 9.23 Å². The van der Waals surface area contributed by atoms with Crippen LogP contribution in [0.2, 0.25) is 5.02 Å². The Bertz CT molecular complexity index is 297. The van der Waals surface area contributed by atoms with Crippen LogP contribution in [0.15, 0.2) is 12.1 Å². The van der Waals surface area contributed by atoms with Crippen LogP contribution in [0.3, 0.4) is 0 Å². The first-order valence-electron chi connectivity index (χ1n) is 3.79. The zero-order chi connectivity index (χ0) is 8.55. The highest BCUT2D eigenvalue weighted by atomic mass is 35.5. The Morgan fingerprint density at radius 1 is 1.58 bits per heavy atom. The number of ether oxygens (including phenoxy) is 1. The highest BCUT2D eigenvalue weighted by Gasteiger charge is 2.25. The fourth-order valence-corrected chi connectivity index (χ4v) is 1.02. The van der Waals surface area contributed by atoms with Gasteiger partial charge in [-0.05, 0) is 25.0 Å². The van der Waals surface area contributed by atoms with E-state index in [2.05, 4.69) is 6.07 Å². The lowest BCUT2D eigenvalue weighted by Crippen LogP contribution is -1.98. The maximum absolute atomic E-state index is 13.1. The van der Waals surface area contributed by atoms with Crippen molar-refractivity contribution in [2.75, 3.05) is 0 Å². The fraction of sp³-hybridized carbons (Fsp3) is 0.333. The molecule has 3 heteroatoms. The molecular formula is C9H7ClFO. The van der Waals surface area contributed by atoms with Crippen molar-refractivity contribution in [3.05, 3.63) is 29.0 Å². The van der Waals surface area contributed by atoms with Crippen molar-refractivity contribution in [3.8, 4) is 5.75 Å². The number of hydrogen-bond donors (Lipinski definition) is 0. The first-order valence-corrected chi connectivity index (χ1v) is 4.17. The van der Waals surface area contributed by atoms with Crippen LogP contribution in [0, 0.1) is 11.9 Å². The summed E-state index contributed by atoms with van der Waals surface area (Å²) in [6.45, 7) is 0. The van der Waals surface area contributed by atoms with Gasteiger partial charge in [0.1, 0.15) is 0 Å². The van der Waals surface area contributed by atoms with Crippen molar-refractivity contribution in [1.29, 1.82) is 0 Å². The molecule has 0 atom stereocenters. The SMILES string of the molecule is Fc1c(OC2CC2)[c]ccc1Cl. The van der Waals surface area contributed by atoms with E-state index in [0.717, 1.165) is 12.8 Å². The molecular weight excluding hydrogens is 179 g/mol. The normalized spacial score (nSPS) is 16.2. The predicted octanol–water partition coefficient (Wildman–Crippen LogP) is 2.82. The molecule has 1 aliphatic carbocycles. The van der Waals surface area contributed by atoms with Gasteiger partial charge in [-0.1, -0.05) is 11.6 Å². The minimum atomic E-state index is -0.508. The summed E-state index contributed by atoms with van der Waals surface area (Å²) in [6.07, 6.45) is 2.17. The second kappa shape index (κ2) is 2.94. The van der Waals surface area contributed by atoms with Gasteiger partial charge in [0.2, 0.25) is 0 Å². The van der Waals surface area contributed by atoms with Crippen molar-refractivity contribution < 1.29 is 9.13 Å². The van der Waals surface area contributed by atoms with E-state index in [1.165, 1.54) is 6.07 Å². The fourth-order valence-electron chi connectivity index (χ4n) is 0.874. The summed E-state index contributed by atoms with van der Waals surface area (Å²) in [5, 5.41) is 0.0874. The lowest BCUT2D eigenvalue weighted by molar-refractivity contribution is 0.287. The van der Waals surface area contributed by atoms with Gasteiger partial charge in [0, 0.05) is 6.07 Å². The molecule has 1 radical (unpaired) electrons. The van der Waals surface area contributed by atoms with Gasteiger partial charge in [0.05, 0.1) is 11.1 Å². The molecule has 0 heterocycles. The van der Waals surface area contributed by atoms with Gasteiger partial charge in [-0.25, -0.2) is 4.39 Å². The van der Waals surface area contributed by atoms with Crippen LogP contribution >= 0.6 is 11.6 Å². The van der Waals surface area contributed by atoms with Gasteiger partial charge in [0.25, 0.3) is 0 Å². The third-order valence-corrected chi connectivity index (χ3v) is 1.95. The van der Waals surface area contributed by atoms with Crippen LogP contribution in [-0.4, -0.2) is 6.10 Å². The second-order valence-corrected chi connectivity index (χ2v) is 3.19. The summed E-state index contributed by atoms with van der Waals surface area (Å²) < 4.78 is 18.3. The number of benzene rings is 1. The molecule has 1 nitrogen and oxygen atoms in total. The number of hydrogen-bond acceptors (Lipinski definition) is 1. The molecule has 0 unspecified atom stereocenters. The van der Waals surface area contributed by atoms with Gasteiger partial charge in [-0.2, -0.15) is 0 Å². The van der Waals surface area contributed by atoms with Crippen molar-refractivity contribution in [1.82, 2.24) is 0 Å². The molecule has 0 amide bonds. The van der Waals surface area contributed by atoms with Gasteiger partial charge < -0.3 is 4.74 Å². The second-order valence-electron chi connectivity index (χ2n) is 2.79. The molecule has 1 saturated carbocycles. The molecule has 1 aliphatic rings. The van der Waals surface area contributed by atoms with Crippen molar-refractivity contribution >= 4 is 11.6 Å². The Labute approximate surface area is 75.1 Å². The van der Waals surface area contributed by atoms with E-state index in [0.29, 0.717) is 0 Å². The van der Waals surface area contributed by atoms with Crippen LogP contribution in [-0.2, 0) is 0 Å². The Kier molecular flexibility index (Phi) is 1.93. The summed E-state index contributed by atoms with van der Waals surface area (Å²) in [5.74, 6) is -0.365. The molecule has 63 valence electrons. The third kappa shape index (κ3) is 1.53. The third-order valence-electron chi connectivity index (χ3n) is 1.66. The quantitative estimate of drug-likeness (QED) is 0.689. The van der Waals surface area contributed by atoms with Crippen molar-refractivity contribution in [3.63, 3.8) is 0 Å². The number of rotatable bonds is 2. The molecule has 0 bridgehead atoms. The monoisotopic (exact) mass is 185 g/mol. The highest BCUT2D eigenvalue weighted by molar-refractivity contribution is 6.30. The molecule has 0 saturated heterocycles. The Balaban J connectivity index is 2.23. The Morgan fingerprint density at radius 2 is 2.33 bits per heavy atom. The van der Waals surface area contributed by atoms with Crippen LogP contribution in [0.1, 0.15) is 12.8 Å². The Hall–Kier alpha value is -0.760. The van der Waals surface area contributed by atoms with Crippen LogP contribution < -0.4 is 4.74 Å². The summed E-state index contributed by atoms with van der Waals surface area (Å²) >= 11 is 5.54. The summed E-state index contributed by atoms with van der Waals surface area (Å²) in [4.78, 5) is 0. The largest absolute Gasteiger partial charge is 0.487 e. The zero-order valence-corrected chi connectivity index (χ0v) is 7.07. The van der Waals surface area contributed by atoms with Crippen molar-refractivity contribution in [2.24, 2.45) is 0 Å². The zero-order valence-electron chi connectivity index (χ0n) is 6.31. The smallest absolute Gasteiger partial charge is 0.184 e. The molecule has 0 N–H and O–H groups in total. The first-order chi connectivity index (χ1) is 5.77. The molecule has 0 aliphatic heterocycles. The number of halogens is 2. The minimum absolute atomic E-state index is 0.0874. The van der Waals surface area contributed by atoms with E-state index in [1.807, 2.05) is 0 Å². The molecule has 0 spiro atoms. The first kappa shape index (κ1) is 7.87.